The lowest BCUT2D eigenvalue weighted by molar-refractivity contribution is -0.104. The third-order valence-corrected chi connectivity index (χ3v) is 2.43. The highest BCUT2D eigenvalue weighted by molar-refractivity contribution is 6.06. The fraction of sp³-hybridized carbons (Fsp3) is 0.0769. The summed E-state index contributed by atoms with van der Waals surface area (Å²) < 4.78 is 5.64. The quantitative estimate of drug-likeness (QED) is 0.627. The molecule has 2 rings (SSSR count). The number of primary amides is 1. The molecule has 0 spiro atoms. The highest BCUT2D eigenvalue weighted by Gasteiger charge is 2.18. The minimum absolute atomic E-state index is 0.280. The van der Waals surface area contributed by atoms with Gasteiger partial charge in [0.2, 0.25) is 0 Å². The molecule has 0 bridgehead atoms. The van der Waals surface area contributed by atoms with Gasteiger partial charge < -0.3 is 10.5 Å². The van der Waals surface area contributed by atoms with Gasteiger partial charge >= 0.3 is 6.03 Å². The number of nitrogens with zero attached hydrogens (tertiary/aromatic N) is 2. The fourth-order valence-electron chi connectivity index (χ4n) is 1.59. The molecule has 0 saturated carbocycles. The van der Waals surface area contributed by atoms with Gasteiger partial charge in [-0.15, -0.1) is 0 Å². The number of aldehydes is 1. The number of ether oxygens (including phenoxy) is 1. The van der Waals surface area contributed by atoms with Gasteiger partial charge in [-0.3, -0.25) is 9.78 Å². The number of carbonyl (C=O) groups is 2. The van der Waals surface area contributed by atoms with Crippen LogP contribution in [0.3, 0.4) is 0 Å². The minimum atomic E-state index is -0.789. The normalized spacial score (nSPS) is 16.1. The van der Waals surface area contributed by atoms with Crippen LogP contribution in [0.1, 0.15) is 6.42 Å². The molecule has 2 amide bonds. The SMILES string of the molecule is NC(=O)NN=C1CC=CC(C=O)=C1Oc1ccncc1. The number of urea groups is 1. The van der Waals surface area contributed by atoms with Crippen LogP contribution >= 0.6 is 0 Å². The van der Waals surface area contributed by atoms with Gasteiger partial charge in [-0.25, -0.2) is 10.2 Å². The zero-order valence-corrected chi connectivity index (χ0v) is 10.4. The number of nitrogens with one attached hydrogen (secondary N) is 1. The van der Waals surface area contributed by atoms with Crippen molar-refractivity contribution in [2.45, 2.75) is 6.42 Å². The largest absolute Gasteiger partial charge is 0.454 e. The third-order valence-electron chi connectivity index (χ3n) is 2.43. The van der Waals surface area contributed by atoms with Gasteiger partial charge in [0, 0.05) is 18.8 Å². The molecule has 0 atom stereocenters. The van der Waals surface area contributed by atoms with E-state index < -0.39 is 6.03 Å². The second-order valence-corrected chi connectivity index (χ2v) is 3.83. The second kappa shape index (κ2) is 6.28. The lowest BCUT2D eigenvalue weighted by Gasteiger charge is -2.15. The second-order valence-electron chi connectivity index (χ2n) is 3.83. The summed E-state index contributed by atoms with van der Waals surface area (Å²) in [6.07, 6.45) is 7.57. The van der Waals surface area contributed by atoms with Crippen LogP contribution in [0, 0.1) is 0 Å². The first kappa shape index (κ1) is 13.5. The summed E-state index contributed by atoms with van der Waals surface area (Å²) in [5.74, 6) is 0.791. The summed E-state index contributed by atoms with van der Waals surface area (Å²) in [5.41, 5.74) is 7.83. The van der Waals surface area contributed by atoms with Gasteiger partial charge in [0.05, 0.1) is 5.57 Å². The van der Waals surface area contributed by atoms with Crippen LogP contribution in [0.4, 0.5) is 4.79 Å². The number of allylic oxidation sites excluding steroid dienone is 4. The zero-order valence-electron chi connectivity index (χ0n) is 10.4. The number of carbonyl (C=O) groups excluding carboxylic acids is 2. The average molecular weight is 272 g/mol. The molecule has 7 heteroatoms. The van der Waals surface area contributed by atoms with E-state index in [0.29, 0.717) is 29.7 Å². The highest BCUT2D eigenvalue weighted by Crippen LogP contribution is 2.20. The van der Waals surface area contributed by atoms with E-state index in [1.807, 2.05) is 0 Å². The standard InChI is InChI=1S/C13H12N4O3/c14-13(19)17-16-11-3-1-2-9(8-18)12(11)20-10-4-6-15-7-5-10/h1-2,4-8H,3H2,(H3,14,17,19). The van der Waals surface area contributed by atoms with Crippen molar-refractivity contribution in [3.63, 3.8) is 0 Å². The summed E-state index contributed by atoms with van der Waals surface area (Å²) in [6.45, 7) is 0. The first-order valence-corrected chi connectivity index (χ1v) is 5.77. The molecule has 0 aliphatic heterocycles. The molecule has 1 aromatic heterocycles. The van der Waals surface area contributed by atoms with Gasteiger partial charge in [0.1, 0.15) is 11.5 Å². The van der Waals surface area contributed by atoms with Crippen molar-refractivity contribution in [1.82, 2.24) is 10.4 Å². The summed E-state index contributed by atoms with van der Waals surface area (Å²) >= 11 is 0. The van der Waals surface area contributed by atoms with E-state index in [1.54, 1.807) is 36.7 Å². The molecule has 0 fully saturated rings. The Labute approximate surface area is 114 Å². The van der Waals surface area contributed by atoms with Crippen molar-refractivity contribution in [1.29, 1.82) is 0 Å². The van der Waals surface area contributed by atoms with Crippen LogP contribution in [0.5, 0.6) is 5.75 Å². The van der Waals surface area contributed by atoms with Crippen molar-refractivity contribution < 1.29 is 14.3 Å². The monoisotopic (exact) mass is 272 g/mol. The van der Waals surface area contributed by atoms with Crippen molar-refractivity contribution in [3.8, 4) is 5.75 Å². The fourth-order valence-corrected chi connectivity index (χ4v) is 1.59. The van der Waals surface area contributed by atoms with Crippen LogP contribution in [-0.2, 0) is 4.79 Å². The van der Waals surface area contributed by atoms with Gasteiger partial charge in [-0.05, 0) is 12.1 Å². The lowest BCUT2D eigenvalue weighted by atomic mass is 10.0. The topological polar surface area (TPSA) is 107 Å². The Kier molecular flexibility index (Phi) is 4.23. The number of hydrogen-bond donors (Lipinski definition) is 2. The number of nitrogens with two attached hydrogens (primary N) is 1. The third kappa shape index (κ3) is 3.29. The maximum Gasteiger partial charge on any atom is 0.332 e. The number of amides is 2. The van der Waals surface area contributed by atoms with Crippen LogP contribution in [0.2, 0.25) is 0 Å². The summed E-state index contributed by atoms with van der Waals surface area (Å²) in [7, 11) is 0. The molecule has 1 aliphatic rings. The van der Waals surface area contributed by atoms with Crippen molar-refractivity contribution in [3.05, 3.63) is 48.0 Å². The molecular weight excluding hydrogens is 260 g/mol. The van der Waals surface area contributed by atoms with E-state index >= 15 is 0 Å². The molecular formula is C13H12N4O3. The van der Waals surface area contributed by atoms with Crippen LogP contribution in [0.15, 0.2) is 53.1 Å². The van der Waals surface area contributed by atoms with Gasteiger partial charge in [-0.1, -0.05) is 12.2 Å². The Morgan fingerprint density at radius 2 is 2.20 bits per heavy atom. The Morgan fingerprint density at radius 1 is 1.45 bits per heavy atom. The molecule has 1 heterocycles. The predicted octanol–water partition coefficient (Wildman–Crippen LogP) is 0.898. The molecule has 1 aromatic rings. The van der Waals surface area contributed by atoms with E-state index in [-0.39, 0.29) is 5.76 Å². The summed E-state index contributed by atoms with van der Waals surface area (Å²) in [6, 6.07) is 2.50. The number of hydrazone groups is 1. The van der Waals surface area contributed by atoms with E-state index in [1.165, 1.54) is 0 Å². The summed E-state index contributed by atoms with van der Waals surface area (Å²) in [4.78, 5) is 25.7. The number of pyridine rings is 1. The molecule has 0 aromatic carbocycles. The number of aromatic nitrogens is 1. The Hall–Kier alpha value is -2.96. The Bertz CT molecular complexity index is 605. The molecule has 7 nitrogen and oxygen atoms in total. The van der Waals surface area contributed by atoms with Gasteiger partial charge in [-0.2, -0.15) is 5.10 Å². The van der Waals surface area contributed by atoms with Crippen LogP contribution in [-0.4, -0.2) is 23.0 Å². The van der Waals surface area contributed by atoms with E-state index in [0.717, 1.165) is 0 Å². The molecule has 0 unspecified atom stereocenters. The van der Waals surface area contributed by atoms with Crippen molar-refractivity contribution in [2.24, 2.45) is 10.8 Å². The van der Waals surface area contributed by atoms with Gasteiger partial charge in [0.15, 0.2) is 12.0 Å². The Morgan fingerprint density at radius 3 is 2.85 bits per heavy atom. The van der Waals surface area contributed by atoms with E-state index in [4.69, 9.17) is 10.5 Å². The lowest BCUT2D eigenvalue weighted by Crippen LogP contribution is -2.27. The predicted molar refractivity (Wildman–Crippen MR) is 71.9 cm³/mol. The molecule has 0 radical (unpaired) electrons. The molecule has 0 saturated heterocycles. The zero-order chi connectivity index (χ0) is 14.4. The highest BCUT2D eigenvalue weighted by atomic mass is 16.5. The maximum atomic E-state index is 11.1. The van der Waals surface area contributed by atoms with E-state index in [9.17, 15) is 9.59 Å². The van der Waals surface area contributed by atoms with Crippen LogP contribution in [0.25, 0.3) is 0 Å². The van der Waals surface area contributed by atoms with E-state index in [2.05, 4.69) is 15.5 Å². The Balaban J connectivity index is 2.32. The molecule has 20 heavy (non-hydrogen) atoms. The smallest absolute Gasteiger partial charge is 0.332 e. The summed E-state index contributed by atoms with van der Waals surface area (Å²) in [5, 5.41) is 3.84. The minimum Gasteiger partial charge on any atom is -0.454 e. The van der Waals surface area contributed by atoms with Gasteiger partial charge in [0.25, 0.3) is 0 Å². The maximum absolute atomic E-state index is 11.1. The molecule has 102 valence electrons. The number of rotatable bonds is 4. The first-order valence-electron chi connectivity index (χ1n) is 5.77. The van der Waals surface area contributed by atoms with Crippen molar-refractivity contribution in [2.75, 3.05) is 0 Å². The molecule has 3 N–H and O–H groups in total. The molecule has 1 aliphatic carbocycles. The number of hydrogen-bond acceptors (Lipinski definition) is 5. The van der Waals surface area contributed by atoms with Crippen LogP contribution < -0.4 is 15.9 Å². The van der Waals surface area contributed by atoms with Crippen molar-refractivity contribution >= 4 is 18.0 Å². The average Bonchev–Trinajstić information content (AvgIpc) is 2.47. The first-order chi connectivity index (χ1) is 9.70.